The molecule has 404 valence electrons. The number of hydrogen-bond acceptors (Lipinski definition) is 11. The van der Waals surface area contributed by atoms with Crippen LogP contribution in [-0.4, -0.2) is 175 Å². The van der Waals surface area contributed by atoms with Crippen molar-refractivity contribution < 1.29 is 141 Å². The van der Waals surface area contributed by atoms with E-state index in [0.29, 0.717) is 0 Å². The second-order valence-corrected chi connectivity index (χ2v) is 14.8. The first kappa shape index (κ1) is 65.2. The molecule has 6 unspecified atom stereocenters. The monoisotopic (exact) mass is 1040 g/mol. The molecule has 0 aromatic rings. The molecular weight excluding hydrogens is 988 g/mol. The van der Waals surface area contributed by atoms with Crippen molar-refractivity contribution in [1.82, 2.24) is 0 Å². The zero-order valence-electron chi connectivity index (χ0n) is 35.7. The molecule has 0 radical (unpaired) electrons. The van der Waals surface area contributed by atoms with Crippen LogP contribution in [0.2, 0.25) is 0 Å². The fourth-order valence-electron chi connectivity index (χ4n) is 4.93. The van der Waals surface area contributed by atoms with Gasteiger partial charge in [-0.15, -0.1) is 0 Å². The van der Waals surface area contributed by atoms with Crippen molar-refractivity contribution in [1.29, 1.82) is 0 Å². The molecule has 0 aliphatic carbocycles. The van der Waals surface area contributed by atoms with Crippen molar-refractivity contribution in [2.75, 3.05) is 79.3 Å². The van der Waals surface area contributed by atoms with E-state index in [0.717, 1.165) is 0 Å². The maximum atomic E-state index is 13.3. The Morgan fingerprint density at radius 2 is 0.597 bits per heavy atom. The summed E-state index contributed by atoms with van der Waals surface area (Å²) >= 11 is 0. The predicted molar refractivity (Wildman–Crippen MR) is 188 cm³/mol. The molecule has 0 amide bonds. The minimum Gasteiger partial charge on any atom is -0.391 e. The van der Waals surface area contributed by atoms with Gasteiger partial charge < -0.3 is 52.8 Å². The van der Waals surface area contributed by atoms with Crippen LogP contribution in [0.3, 0.4) is 0 Å². The zero-order chi connectivity index (χ0) is 52.0. The molecule has 0 aromatic heterocycles. The molecular formula is C36H54F20O11. The third kappa shape index (κ3) is 28.0. The Morgan fingerprint density at radius 1 is 0.343 bits per heavy atom. The maximum Gasteiger partial charge on any atom is 0.455 e. The lowest BCUT2D eigenvalue weighted by Crippen LogP contribution is -2.41. The number of ether oxygens (including phenoxy) is 9. The normalized spacial score (nSPS) is 16.8. The van der Waals surface area contributed by atoms with Gasteiger partial charge in [0.05, 0.1) is 77.3 Å². The number of halogens is 20. The van der Waals surface area contributed by atoms with Crippen molar-refractivity contribution in [2.24, 2.45) is 0 Å². The average Bonchev–Trinajstić information content (AvgIpc) is 3.15. The summed E-state index contributed by atoms with van der Waals surface area (Å²) in [4.78, 5) is 0. The quantitative estimate of drug-likeness (QED) is 0.0350. The van der Waals surface area contributed by atoms with Crippen molar-refractivity contribution in [3.63, 3.8) is 0 Å². The number of aliphatic hydroxyl groups excluding tert-OH is 2. The number of alkyl halides is 20. The molecule has 67 heavy (non-hydrogen) atoms. The van der Waals surface area contributed by atoms with E-state index >= 15 is 0 Å². The van der Waals surface area contributed by atoms with Crippen LogP contribution >= 0.6 is 0 Å². The van der Waals surface area contributed by atoms with Gasteiger partial charge in [-0.25, -0.2) is 0 Å². The third-order valence-corrected chi connectivity index (χ3v) is 8.58. The van der Waals surface area contributed by atoms with Gasteiger partial charge >= 0.3 is 48.4 Å². The summed E-state index contributed by atoms with van der Waals surface area (Å²) in [5.74, 6) is -20.8. The van der Waals surface area contributed by atoms with Crippen LogP contribution in [0.25, 0.3) is 0 Å². The highest BCUT2D eigenvalue weighted by atomic mass is 19.4. The van der Waals surface area contributed by atoms with Gasteiger partial charge in [-0.2, -0.15) is 87.8 Å². The summed E-state index contributed by atoms with van der Waals surface area (Å²) in [6.45, 7) is -9.91. The van der Waals surface area contributed by atoms with E-state index in [1.807, 2.05) is 0 Å². The molecule has 2 N–H and O–H groups in total. The highest BCUT2D eigenvalue weighted by Crippen LogP contribution is 2.38. The number of aliphatic hydroxyl groups is 2. The Bertz CT molecular complexity index is 1200. The van der Waals surface area contributed by atoms with Crippen molar-refractivity contribution in [3.8, 4) is 0 Å². The van der Waals surface area contributed by atoms with Gasteiger partial charge in [-0.3, -0.25) is 0 Å². The van der Waals surface area contributed by atoms with Crippen LogP contribution in [0.4, 0.5) is 87.8 Å². The van der Waals surface area contributed by atoms with Crippen LogP contribution in [0, 0.1) is 0 Å². The summed E-state index contributed by atoms with van der Waals surface area (Å²) in [5.41, 5.74) is 0. The van der Waals surface area contributed by atoms with Gasteiger partial charge in [0.1, 0.15) is 26.4 Å². The predicted octanol–water partition coefficient (Wildman–Crippen LogP) is 9.20. The SMILES string of the molecule is CC(OCCOCCOC(C)OC(CCCCC(O)COCC(F)(F)C(F)(F)F)COCC(F)(F)C(F)(F)F)OC(CCCCC(O)COCC(F)(F)C(F)(F)F)COCC(F)(F)C(F)(F)F. The first-order valence-corrected chi connectivity index (χ1v) is 20.0. The lowest BCUT2D eigenvalue weighted by molar-refractivity contribution is -0.299. The second-order valence-electron chi connectivity index (χ2n) is 14.8. The molecule has 0 spiro atoms. The lowest BCUT2D eigenvalue weighted by atomic mass is 10.1. The zero-order valence-corrected chi connectivity index (χ0v) is 35.7. The molecule has 6 atom stereocenters. The van der Waals surface area contributed by atoms with Gasteiger partial charge in [-0.1, -0.05) is 25.7 Å². The molecule has 0 aliphatic rings. The summed E-state index contributed by atoms with van der Waals surface area (Å²) in [6.07, 6.45) is -31.9. The van der Waals surface area contributed by atoms with Gasteiger partial charge in [0.2, 0.25) is 0 Å². The topological polar surface area (TPSA) is 124 Å². The molecule has 31 heteroatoms. The number of rotatable bonds is 38. The van der Waals surface area contributed by atoms with Crippen LogP contribution < -0.4 is 0 Å². The van der Waals surface area contributed by atoms with E-state index in [1.54, 1.807) is 0 Å². The summed E-state index contributed by atoms with van der Waals surface area (Å²) in [5, 5.41) is 19.7. The van der Waals surface area contributed by atoms with Gasteiger partial charge in [0.25, 0.3) is 0 Å². The Morgan fingerprint density at radius 3 is 0.866 bits per heavy atom. The molecule has 0 saturated heterocycles. The highest BCUT2D eigenvalue weighted by molar-refractivity contribution is 4.78. The molecule has 0 bridgehead atoms. The standard InChI is InChI=1S/C36H54F20O11/c1-23(66-27(17-62-21-31(41,42)35(51,52)53)9-5-3-7-25(57)15-60-19-29(37,38)33(45,46)47)64-13-11-59-12-14-65-24(2)67-28(18-63-22-32(43,44)36(54,55)56)10-6-4-8-26(58)16-61-20-30(39,40)34(48,49)50/h23-28,57-58H,3-22H2,1-2H3. The second kappa shape index (κ2) is 29.5. The van der Waals surface area contributed by atoms with Crippen molar-refractivity contribution >= 4 is 0 Å². The molecule has 0 aromatic carbocycles. The maximum absolute atomic E-state index is 13.3. The van der Waals surface area contributed by atoms with Crippen molar-refractivity contribution in [2.45, 2.75) is 151 Å². The van der Waals surface area contributed by atoms with E-state index in [-0.39, 0.29) is 77.8 Å². The summed E-state index contributed by atoms with van der Waals surface area (Å²) in [6, 6.07) is 0. The molecule has 0 saturated carbocycles. The van der Waals surface area contributed by atoms with Crippen molar-refractivity contribution in [3.05, 3.63) is 0 Å². The first-order chi connectivity index (χ1) is 30.4. The fraction of sp³-hybridized carbons (Fsp3) is 1.00. The fourth-order valence-corrected chi connectivity index (χ4v) is 4.93. The average molecular weight is 1040 g/mol. The van der Waals surface area contributed by atoms with Gasteiger partial charge in [-0.05, 0) is 39.5 Å². The minimum absolute atomic E-state index is 0.0283. The Kier molecular flexibility index (Phi) is 28.7. The number of unbranched alkanes of at least 4 members (excludes halogenated alkanes) is 2. The smallest absolute Gasteiger partial charge is 0.391 e. The van der Waals surface area contributed by atoms with E-state index in [9.17, 15) is 98.0 Å². The number of hydrogen-bond donors (Lipinski definition) is 2. The largest absolute Gasteiger partial charge is 0.455 e. The molecule has 0 heterocycles. The van der Waals surface area contributed by atoms with Gasteiger partial charge in [0.15, 0.2) is 12.6 Å². The van der Waals surface area contributed by atoms with Crippen LogP contribution in [0.1, 0.15) is 65.2 Å². The van der Waals surface area contributed by atoms with E-state index in [2.05, 4.69) is 18.9 Å². The highest BCUT2D eigenvalue weighted by Gasteiger charge is 2.60. The Hall–Kier alpha value is -1.84. The lowest BCUT2D eigenvalue weighted by Gasteiger charge is -2.25. The molecule has 0 rings (SSSR count). The van der Waals surface area contributed by atoms with E-state index < -0.39 is 138 Å². The van der Waals surface area contributed by atoms with E-state index in [4.69, 9.17) is 23.7 Å². The van der Waals surface area contributed by atoms with Crippen LogP contribution in [0.5, 0.6) is 0 Å². The third-order valence-electron chi connectivity index (χ3n) is 8.58. The van der Waals surface area contributed by atoms with Crippen LogP contribution in [0.15, 0.2) is 0 Å². The van der Waals surface area contributed by atoms with Crippen LogP contribution in [-0.2, 0) is 42.6 Å². The Balaban J connectivity index is 4.95. The minimum atomic E-state index is -5.93. The first-order valence-electron chi connectivity index (χ1n) is 20.0. The molecule has 0 fully saturated rings. The van der Waals surface area contributed by atoms with Gasteiger partial charge in [0, 0.05) is 0 Å². The van der Waals surface area contributed by atoms with E-state index in [1.165, 1.54) is 13.8 Å². The molecule has 0 aliphatic heterocycles. The molecule has 11 nitrogen and oxygen atoms in total. The summed E-state index contributed by atoms with van der Waals surface area (Å²) < 4.78 is 298. The Labute approximate surface area is 370 Å². The summed E-state index contributed by atoms with van der Waals surface area (Å²) in [7, 11) is 0.